The molecule has 0 aromatic heterocycles. The van der Waals surface area contributed by atoms with Crippen molar-refractivity contribution in [1.82, 2.24) is 0 Å². The minimum atomic E-state index is 0. The van der Waals surface area contributed by atoms with Gasteiger partial charge in [0, 0.05) is 0 Å². The molecule has 202 valence electrons. The number of hydrogen-bond acceptors (Lipinski definition) is 0. The summed E-state index contributed by atoms with van der Waals surface area (Å²) in [6, 6.07) is 35.8. The van der Waals surface area contributed by atoms with Gasteiger partial charge in [-0.15, -0.1) is 29.7 Å². The molecule has 1 N–H and O–H groups in total. The molecule has 0 bridgehead atoms. The average molecular weight is 731 g/mol. The molecule has 0 fully saturated rings. The molecule has 0 spiro atoms. The summed E-state index contributed by atoms with van der Waals surface area (Å²) < 4.78 is 0. The van der Waals surface area contributed by atoms with E-state index >= 15 is 0 Å². The zero-order valence-electron chi connectivity index (χ0n) is 22.8. The fourth-order valence-corrected chi connectivity index (χ4v) is 4.94. The van der Waals surface area contributed by atoms with Crippen LogP contribution in [0, 0.1) is 0 Å². The summed E-state index contributed by atoms with van der Waals surface area (Å²) in [6.45, 7) is 2.89. The van der Waals surface area contributed by atoms with Gasteiger partial charge in [-0.05, 0) is 0 Å². The predicted octanol–water partition coefficient (Wildman–Crippen LogP) is 2.87. The molecule has 0 saturated carbocycles. The number of unbranched alkanes of at least 4 members (excludes halogenated alkanes) is 9. The molecule has 5 heteroatoms. The van der Waals surface area contributed by atoms with Crippen LogP contribution >= 0.6 is 0 Å². The summed E-state index contributed by atoms with van der Waals surface area (Å²) in [5.74, 6) is 0. The van der Waals surface area contributed by atoms with Crippen molar-refractivity contribution in [3.8, 4) is 0 Å². The van der Waals surface area contributed by atoms with E-state index in [-0.39, 0.29) is 50.7 Å². The Labute approximate surface area is 266 Å². The summed E-state index contributed by atoms with van der Waals surface area (Å²) in [7, 11) is 0.777. The Bertz CT molecular complexity index is 918. The predicted molar refractivity (Wildman–Crippen MR) is 158 cm³/mol. The van der Waals surface area contributed by atoms with E-state index in [1.54, 1.807) is 0 Å². The number of nitrogens with one attached hydrogen (secondary N) is 1. The third-order valence-corrected chi connectivity index (χ3v) is 7.16. The van der Waals surface area contributed by atoms with Gasteiger partial charge in [0.1, 0.15) is 9.52 Å². The van der Waals surface area contributed by atoms with Crippen molar-refractivity contribution in [2.75, 3.05) is 6.54 Å². The Hall–Kier alpha value is -1.10. The summed E-state index contributed by atoms with van der Waals surface area (Å²) in [5, 5.41) is 5.46. The van der Waals surface area contributed by atoms with Crippen molar-refractivity contribution in [2.45, 2.75) is 71.1 Å². The van der Waals surface area contributed by atoms with Crippen LogP contribution in [0.4, 0.5) is 0 Å². The molecular formula is C33H43Cl2HfNSi. The van der Waals surface area contributed by atoms with E-state index < -0.39 is 0 Å². The van der Waals surface area contributed by atoms with Crippen LogP contribution in [-0.4, -0.2) is 16.1 Å². The molecule has 4 rings (SSSR count). The van der Waals surface area contributed by atoms with Gasteiger partial charge in [0.25, 0.3) is 0 Å². The van der Waals surface area contributed by atoms with Gasteiger partial charge in [-0.25, -0.2) is 0 Å². The van der Waals surface area contributed by atoms with Gasteiger partial charge in [0.2, 0.25) is 0 Å². The summed E-state index contributed by atoms with van der Waals surface area (Å²) >= 11 is 0. The first kappa shape index (κ1) is 39.0. The van der Waals surface area contributed by atoms with Crippen molar-refractivity contribution < 1.29 is 50.7 Å². The number of benzene rings is 3. The molecule has 2 radical (unpaired) electrons. The van der Waals surface area contributed by atoms with E-state index in [1.165, 1.54) is 78.9 Å². The maximum Gasteiger partial charge on any atom is 4.00 e. The first-order chi connectivity index (χ1) is 17.3. The molecule has 0 saturated heterocycles. The molecule has 0 aliphatic rings. The first-order valence-corrected chi connectivity index (χ1v) is 14.5. The first-order valence-electron chi connectivity index (χ1n) is 13.5. The van der Waals surface area contributed by atoms with Crippen LogP contribution in [-0.2, 0) is 25.8 Å². The number of rotatable bonds is 12. The van der Waals surface area contributed by atoms with Gasteiger partial charge in [-0.2, -0.15) is 24.1 Å². The van der Waals surface area contributed by atoms with Crippen molar-refractivity contribution in [2.24, 2.45) is 0 Å². The van der Waals surface area contributed by atoms with Crippen LogP contribution in [0.3, 0.4) is 0 Å². The Kier molecular flexibility index (Phi) is 28.2. The Morgan fingerprint density at radius 2 is 1.03 bits per heavy atom. The second kappa shape index (κ2) is 27.5. The van der Waals surface area contributed by atoms with Crippen LogP contribution in [0.2, 0.25) is 0 Å². The zero-order valence-corrected chi connectivity index (χ0v) is 29.0. The van der Waals surface area contributed by atoms with E-state index in [4.69, 9.17) is 5.73 Å². The monoisotopic (exact) mass is 731 g/mol. The zero-order chi connectivity index (χ0) is 24.8. The molecule has 1 nitrogen and oxygen atoms in total. The number of hydrogen-bond donors (Lipinski definition) is 0. The van der Waals surface area contributed by atoms with Gasteiger partial charge < -0.3 is 30.5 Å². The normalized spacial score (nSPS) is 9.42. The van der Waals surface area contributed by atoms with Gasteiger partial charge in [0.15, 0.2) is 0 Å². The smallest absolute Gasteiger partial charge is 1.00 e. The second-order valence-electron chi connectivity index (χ2n) is 8.94. The molecule has 4 aromatic carbocycles. The number of halogens is 2. The Morgan fingerprint density at radius 1 is 0.579 bits per heavy atom. The molecule has 0 aliphatic carbocycles. The van der Waals surface area contributed by atoms with Crippen LogP contribution in [0.15, 0.2) is 103 Å². The third kappa shape index (κ3) is 19.0. The topological polar surface area (TPSA) is 23.8 Å². The molecular weight excluding hydrogens is 688 g/mol. The van der Waals surface area contributed by atoms with Gasteiger partial charge in [0.05, 0.1) is 0 Å². The van der Waals surface area contributed by atoms with Gasteiger partial charge >= 0.3 is 25.8 Å². The molecule has 0 amide bonds. The summed E-state index contributed by atoms with van der Waals surface area (Å²) in [5.41, 5.74) is 7.00. The minimum Gasteiger partial charge on any atom is -1.00 e. The maximum absolute atomic E-state index is 7.00. The summed E-state index contributed by atoms with van der Waals surface area (Å²) in [4.78, 5) is 0. The second-order valence-corrected chi connectivity index (χ2v) is 10.3. The quantitative estimate of drug-likeness (QED) is 0.122. The Balaban J connectivity index is 0. The average Bonchev–Trinajstić information content (AvgIpc) is 3.39. The largest absolute Gasteiger partial charge is 4.00 e. The Morgan fingerprint density at radius 3 is 1.50 bits per heavy atom. The van der Waals surface area contributed by atoms with Crippen molar-refractivity contribution >= 4 is 30.7 Å². The van der Waals surface area contributed by atoms with E-state index in [1.807, 2.05) is 0 Å². The van der Waals surface area contributed by atoms with Crippen LogP contribution in [0.1, 0.15) is 71.1 Å². The van der Waals surface area contributed by atoms with Crippen LogP contribution in [0.25, 0.3) is 16.5 Å². The maximum atomic E-state index is 7.00. The van der Waals surface area contributed by atoms with Gasteiger partial charge in [-0.3, -0.25) is 0 Å². The molecule has 0 atom stereocenters. The molecule has 0 unspecified atom stereocenters. The molecule has 0 aliphatic heterocycles. The van der Waals surface area contributed by atoms with Crippen molar-refractivity contribution in [1.29, 1.82) is 0 Å². The molecule has 38 heavy (non-hydrogen) atoms. The molecule has 4 aromatic rings. The van der Waals surface area contributed by atoms with Crippen molar-refractivity contribution in [3.63, 3.8) is 0 Å². The standard InChI is InChI=1S/C12H26N.C12H10Si.C9H7.2ClH.Hf/c1-2-3-4-5-6-7-8-9-10-11-12-13;1-3-7-11(8-4-1)13-12-9-5-2-6-10-12;1-2-5-9-7-3-6-8(9)4-1;;;/h13H,2-12H2,1H3;1-10H;1-7H;2*1H;/q-1;;-1;;;+4/p-2. The van der Waals surface area contributed by atoms with Gasteiger partial charge in [-0.1, -0.05) is 148 Å². The SMILES string of the molecule is CCCCCCCCCCCC[NH-].[Cl-].[Cl-].[Hf+4].c1ccc([Si]c2ccccc2)cc1.c1ccc2[cH-]ccc2c1. The van der Waals surface area contributed by atoms with Crippen LogP contribution < -0.4 is 35.2 Å². The van der Waals surface area contributed by atoms with E-state index in [9.17, 15) is 0 Å². The fourth-order valence-electron chi connectivity index (χ4n) is 3.89. The minimum absolute atomic E-state index is 0. The van der Waals surface area contributed by atoms with E-state index in [0.717, 1.165) is 15.9 Å². The third-order valence-electron chi connectivity index (χ3n) is 5.91. The van der Waals surface area contributed by atoms with E-state index in [2.05, 4.69) is 110 Å². The van der Waals surface area contributed by atoms with E-state index in [0.29, 0.717) is 6.54 Å². The van der Waals surface area contributed by atoms with Crippen molar-refractivity contribution in [3.05, 3.63) is 109 Å². The fraction of sp³-hybridized carbons (Fsp3) is 0.364. The molecule has 0 heterocycles. The summed E-state index contributed by atoms with van der Waals surface area (Å²) in [6.07, 6.45) is 13.6. The van der Waals surface area contributed by atoms with Crippen LogP contribution in [0.5, 0.6) is 0 Å². The number of fused-ring (bicyclic) bond motifs is 1.